The maximum atomic E-state index is 13.7. The van der Waals surface area contributed by atoms with Crippen LogP contribution in [0.4, 0.5) is 9.18 Å². The third kappa shape index (κ3) is 3.46. The zero-order valence-electron chi connectivity index (χ0n) is 11.1. The van der Waals surface area contributed by atoms with Crippen LogP contribution in [0.1, 0.15) is 24.0 Å². The van der Waals surface area contributed by atoms with Crippen molar-refractivity contribution in [3.63, 3.8) is 0 Å². The van der Waals surface area contributed by atoms with Crippen molar-refractivity contribution in [1.82, 2.24) is 10.2 Å². The molecule has 1 heterocycles. The fourth-order valence-corrected chi connectivity index (χ4v) is 2.26. The summed E-state index contributed by atoms with van der Waals surface area (Å²) in [7, 11) is 0. The molecule has 0 unspecified atom stereocenters. The summed E-state index contributed by atoms with van der Waals surface area (Å²) in [6, 6.07) is 4.67. The topological polar surface area (TPSA) is 69.6 Å². The Bertz CT molecular complexity index is 519. The SMILES string of the molecule is O=C(O)CCCNC(=O)N1CCc2cccc(F)c2C1. The van der Waals surface area contributed by atoms with Gasteiger partial charge in [-0.25, -0.2) is 9.18 Å². The molecule has 0 aliphatic carbocycles. The van der Waals surface area contributed by atoms with Crippen LogP contribution in [-0.4, -0.2) is 35.1 Å². The van der Waals surface area contributed by atoms with Gasteiger partial charge in [-0.05, 0) is 24.5 Å². The number of nitrogens with zero attached hydrogens (tertiary/aromatic N) is 1. The fourth-order valence-electron chi connectivity index (χ4n) is 2.26. The van der Waals surface area contributed by atoms with Crippen LogP contribution in [0.3, 0.4) is 0 Å². The van der Waals surface area contributed by atoms with Crippen LogP contribution in [0.25, 0.3) is 0 Å². The lowest BCUT2D eigenvalue weighted by Gasteiger charge is -2.29. The van der Waals surface area contributed by atoms with Crippen molar-refractivity contribution in [3.05, 3.63) is 35.1 Å². The summed E-state index contributed by atoms with van der Waals surface area (Å²) >= 11 is 0. The Hall–Kier alpha value is -2.11. The number of halogens is 1. The van der Waals surface area contributed by atoms with E-state index in [1.165, 1.54) is 6.07 Å². The first-order chi connectivity index (χ1) is 9.58. The van der Waals surface area contributed by atoms with E-state index >= 15 is 0 Å². The largest absolute Gasteiger partial charge is 0.481 e. The van der Waals surface area contributed by atoms with Crippen molar-refractivity contribution in [2.24, 2.45) is 0 Å². The normalized spacial score (nSPS) is 13.8. The summed E-state index contributed by atoms with van der Waals surface area (Å²) in [4.78, 5) is 23.8. The van der Waals surface area contributed by atoms with Crippen LogP contribution < -0.4 is 5.32 Å². The zero-order valence-corrected chi connectivity index (χ0v) is 11.1. The molecule has 0 saturated carbocycles. The molecular formula is C14H17FN2O3. The molecule has 0 atom stereocenters. The number of hydrogen-bond acceptors (Lipinski definition) is 2. The Morgan fingerprint density at radius 2 is 2.20 bits per heavy atom. The van der Waals surface area contributed by atoms with Crippen molar-refractivity contribution in [2.45, 2.75) is 25.8 Å². The van der Waals surface area contributed by atoms with Crippen molar-refractivity contribution in [2.75, 3.05) is 13.1 Å². The number of amides is 2. The standard InChI is InChI=1S/C14H17FN2O3/c15-12-4-1-3-10-6-8-17(9-11(10)12)14(20)16-7-2-5-13(18)19/h1,3-4H,2,5-9H2,(H,16,20)(H,18,19). The molecule has 2 amide bonds. The minimum atomic E-state index is -0.881. The monoisotopic (exact) mass is 280 g/mol. The van der Waals surface area contributed by atoms with Gasteiger partial charge in [-0.3, -0.25) is 4.79 Å². The van der Waals surface area contributed by atoms with Gasteiger partial charge in [-0.2, -0.15) is 0 Å². The first-order valence-corrected chi connectivity index (χ1v) is 6.59. The summed E-state index contributed by atoms with van der Waals surface area (Å²) in [5, 5.41) is 11.2. The molecule has 1 aromatic carbocycles. The van der Waals surface area contributed by atoms with Gasteiger partial charge < -0.3 is 15.3 Å². The number of hydrogen-bond donors (Lipinski definition) is 2. The molecule has 0 radical (unpaired) electrons. The molecule has 108 valence electrons. The maximum Gasteiger partial charge on any atom is 0.317 e. The lowest BCUT2D eigenvalue weighted by atomic mass is 9.99. The van der Waals surface area contributed by atoms with Gasteiger partial charge >= 0.3 is 12.0 Å². The predicted molar refractivity (Wildman–Crippen MR) is 70.8 cm³/mol. The van der Waals surface area contributed by atoms with E-state index in [2.05, 4.69) is 5.32 Å². The van der Waals surface area contributed by atoms with E-state index in [-0.39, 0.29) is 24.8 Å². The molecule has 1 aliphatic heterocycles. The van der Waals surface area contributed by atoms with Crippen molar-refractivity contribution in [1.29, 1.82) is 0 Å². The number of carboxylic acid groups (broad SMARTS) is 1. The molecule has 0 bridgehead atoms. The van der Waals surface area contributed by atoms with E-state index < -0.39 is 5.97 Å². The molecular weight excluding hydrogens is 263 g/mol. The summed E-state index contributed by atoms with van der Waals surface area (Å²) in [5.74, 6) is -1.17. The molecule has 2 rings (SSSR count). The molecule has 0 saturated heterocycles. The van der Waals surface area contributed by atoms with E-state index in [1.54, 1.807) is 11.0 Å². The highest BCUT2D eigenvalue weighted by molar-refractivity contribution is 5.74. The van der Waals surface area contributed by atoms with Crippen LogP contribution in [0, 0.1) is 5.82 Å². The Labute approximate surface area is 116 Å². The van der Waals surface area contributed by atoms with Gasteiger partial charge in [0.2, 0.25) is 0 Å². The molecule has 2 N–H and O–H groups in total. The molecule has 0 spiro atoms. The first kappa shape index (κ1) is 14.3. The number of benzene rings is 1. The van der Waals surface area contributed by atoms with Gasteiger partial charge in [0.25, 0.3) is 0 Å². The average Bonchev–Trinajstić information content (AvgIpc) is 2.43. The quantitative estimate of drug-likeness (QED) is 0.826. The van der Waals surface area contributed by atoms with Crippen molar-refractivity contribution in [3.8, 4) is 0 Å². The highest BCUT2D eigenvalue weighted by Gasteiger charge is 2.22. The van der Waals surface area contributed by atoms with E-state index in [0.717, 1.165) is 5.56 Å². The highest BCUT2D eigenvalue weighted by Crippen LogP contribution is 2.21. The van der Waals surface area contributed by atoms with E-state index in [0.29, 0.717) is 31.5 Å². The van der Waals surface area contributed by atoms with Crippen LogP contribution in [0.5, 0.6) is 0 Å². The minimum Gasteiger partial charge on any atom is -0.481 e. The van der Waals surface area contributed by atoms with Gasteiger partial charge in [0.05, 0.1) is 6.54 Å². The fraction of sp³-hybridized carbons (Fsp3) is 0.429. The van der Waals surface area contributed by atoms with Gasteiger partial charge in [0, 0.05) is 25.1 Å². The Balaban J connectivity index is 1.87. The average molecular weight is 280 g/mol. The molecule has 1 aromatic rings. The second-order valence-corrected chi connectivity index (χ2v) is 4.78. The number of urea groups is 1. The highest BCUT2D eigenvalue weighted by atomic mass is 19.1. The zero-order chi connectivity index (χ0) is 14.5. The summed E-state index contributed by atoms with van der Waals surface area (Å²) in [6.45, 7) is 1.11. The molecule has 1 aliphatic rings. The first-order valence-electron chi connectivity index (χ1n) is 6.59. The lowest BCUT2D eigenvalue weighted by molar-refractivity contribution is -0.137. The van der Waals surface area contributed by atoms with E-state index in [1.807, 2.05) is 6.07 Å². The summed E-state index contributed by atoms with van der Waals surface area (Å²) < 4.78 is 13.7. The van der Waals surface area contributed by atoms with Crippen LogP contribution in [0.15, 0.2) is 18.2 Å². The number of carbonyl (C=O) groups excluding carboxylic acids is 1. The third-order valence-corrected chi connectivity index (χ3v) is 3.35. The number of aliphatic carboxylic acids is 1. The van der Waals surface area contributed by atoms with Crippen LogP contribution >= 0.6 is 0 Å². The van der Waals surface area contributed by atoms with Gasteiger partial charge in [0.1, 0.15) is 5.82 Å². The molecule has 0 aromatic heterocycles. The molecule has 0 fully saturated rings. The Kier molecular flexibility index (Phi) is 4.55. The maximum absolute atomic E-state index is 13.7. The number of carbonyl (C=O) groups is 2. The number of nitrogens with one attached hydrogen (secondary N) is 1. The van der Waals surface area contributed by atoms with Gasteiger partial charge in [0.15, 0.2) is 0 Å². The second kappa shape index (κ2) is 6.36. The molecule has 5 nitrogen and oxygen atoms in total. The molecule has 6 heteroatoms. The van der Waals surface area contributed by atoms with E-state index in [9.17, 15) is 14.0 Å². The number of fused-ring (bicyclic) bond motifs is 1. The number of carboxylic acids is 1. The Morgan fingerprint density at radius 3 is 2.95 bits per heavy atom. The second-order valence-electron chi connectivity index (χ2n) is 4.78. The van der Waals surface area contributed by atoms with Gasteiger partial charge in [-0.1, -0.05) is 12.1 Å². The predicted octanol–water partition coefficient (Wildman–Crippen LogP) is 1.76. The summed E-state index contributed by atoms with van der Waals surface area (Å²) in [5.41, 5.74) is 1.51. The number of rotatable bonds is 4. The van der Waals surface area contributed by atoms with Crippen LogP contribution in [-0.2, 0) is 17.8 Å². The smallest absolute Gasteiger partial charge is 0.317 e. The van der Waals surface area contributed by atoms with Crippen molar-refractivity contribution >= 4 is 12.0 Å². The Morgan fingerprint density at radius 1 is 1.40 bits per heavy atom. The minimum absolute atomic E-state index is 0.0255. The lowest BCUT2D eigenvalue weighted by Crippen LogP contribution is -2.43. The summed E-state index contributed by atoms with van der Waals surface area (Å²) in [6.07, 6.45) is 1.05. The van der Waals surface area contributed by atoms with Crippen molar-refractivity contribution < 1.29 is 19.1 Å². The van der Waals surface area contributed by atoms with Crippen LogP contribution in [0.2, 0.25) is 0 Å². The van der Waals surface area contributed by atoms with E-state index in [4.69, 9.17) is 5.11 Å². The third-order valence-electron chi connectivity index (χ3n) is 3.35. The molecule has 20 heavy (non-hydrogen) atoms. The van der Waals surface area contributed by atoms with Gasteiger partial charge in [-0.15, -0.1) is 0 Å².